The summed E-state index contributed by atoms with van der Waals surface area (Å²) >= 11 is 1.66. The number of carbonyl (C=O) groups is 3. The third-order valence-electron chi connectivity index (χ3n) is 7.03. The number of fused-ring (bicyclic) bond motifs is 1. The van der Waals surface area contributed by atoms with E-state index in [0.717, 1.165) is 19.3 Å². The largest absolute Gasteiger partial charge is 0.340 e. The maximum atomic E-state index is 12.9. The molecule has 240 valence electrons. The van der Waals surface area contributed by atoms with Gasteiger partial charge < -0.3 is 19.3 Å². The Morgan fingerprint density at radius 1 is 1.09 bits per heavy atom. The zero-order chi connectivity index (χ0) is 31.7. The third-order valence-corrected chi connectivity index (χ3v) is 8.12. The molecule has 1 aromatic carbocycles. The molecule has 0 bridgehead atoms. The van der Waals surface area contributed by atoms with Gasteiger partial charge in [-0.3, -0.25) is 19.3 Å². The van der Waals surface area contributed by atoms with Gasteiger partial charge in [0.15, 0.2) is 32.0 Å². The Labute approximate surface area is 271 Å². The van der Waals surface area contributed by atoms with Gasteiger partial charge in [0.2, 0.25) is 5.91 Å². The molecule has 1 aromatic rings. The van der Waals surface area contributed by atoms with Crippen LogP contribution in [0.4, 0.5) is 0 Å². The number of nitrogens with one attached hydrogen (secondary N) is 1. The Kier molecular flexibility index (Phi) is 17.7. The average molecular weight is 733 g/mol. The molecule has 43 heavy (non-hydrogen) atoms. The van der Waals surface area contributed by atoms with Gasteiger partial charge in [0.1, 0.15) is 0 Å². The van der Waals surface area contributed by atoms with E-state index in [-0.39, 0.29) is 26.8 Å². The molecule has 2 aliphatic rings. The minimum Gasteiger partial charge on any atom is -0.340 e. The van der Waals surface area contributed by atoms with Crippen LogP contribution >= 0.6 is 32.0 Å². The van der Waals surface area contributed by atoms with Gasteiger partial charge in [-0.1, -0.05) is 46.2 Å². The van der Waals surface area contributed by atoms with Crippen molar-refractivity contribution in [2.24, 2.45) is 0 Å². The number of halogens is 1. The number of piperidine rings is 1. The number of hydrogen-bond donors (Lipinski definition) is 1. The first-order valence-electron chi connectivity index (χ1n) is 14.9. The highest BCUT2D eigenvalue weighted by Gasteiger charge is 2.38. The highest BCUT2D eigenvalue weighted by molar-refractivity contribution is 14.1. The summed E-state index contributed by atoms with van der Waals surface area (Å²) in [6.45, 7) is 10.7. The molecule has 0 spiro atoms. The lowest BCUT2D eigenvalue weighted by atomic mass is 9.89. The van der Waals surface area contributed by atoms with Gasteiger partial charge in [0, 0.05) is 38.0 Å². The Hall–Kier alpha value is -1.72. The van der Waals surface area contributed by atoms with Gasteiger partial charge in [-0.05, 0) is 37.8 Å². The molecule has 2 aliphatic heterocycles. The second-order valence-electron chi connectivity index (χ2n) is 11.3. The summed E-state index contributed by atoms with van der Waals surface area (Å²) in [6, 6.07) is 10.1. The lowest BCUT2D eigenvalue weighted by molar-refractivity contribution is -0.179. The Morgan fingerprint density at radius 2 is 1.77 bits per heavy atom. The van der Waals surface area contributed by atoms with Gasteiger partial charge in [-0.2, -0.15) is 8.48 Å². The summed E-state index contributed by atoms with van der Waals surface area (Å²) in [6.07, 6.45) is 4.89. The van der Waals surface area contributed by atoms with Gasteiger partial charge >= 0.3 is 0 Å². The standard InChI is InChI=1S/C24H31IN3O7P.C6H15N/c25-35-32-17-12-24(34-36-33-16-7-13-26)11-6-14-27(18-24)21(29)10-2-1-5-15-28-22(30)19-8-3-4-9-20(19)23(28)31;1-5(2)7-6(3)4/h3-4,8-9,36H,1-2,5-7,10-12,14-18H2;5-7H,1-4H3. The van der Waals surface area contributed by atoms with Crippen LogP contribution in [0, 0.1) is 11.3 Å². The molecule has 1 N–H and O–H groups in total. The van der Waals surface area contributed by atoms with Crippen LogP contribution in [0.3, 0.4) is 0 Å². The SMILES string of the molecule is CC(C)NC(C)C.N#CCCOPOC1(CCOOI)CCCN(C(=O)CCCCCN2C(=O)c3ccccc3C2=O)C1. The number of amides is 3. The number of hydrogen-bond acceptors (Lipinski definition) is 9. The number of imide groups is 1. The van der Waals surface area contributed by atoms with Crippen LogP contribution in [-0.2, 0) is 21.9 Å². The van der Waals surface area contributed by atoms with Crippen LogP contribution in [0.15, 0.2) is 24.3 Å². The van der Waals surface area contributed by atoms with E-state index in [0.29, 0.717) is 88.2 Å². The zero-order valence-corrected chi connectivity index (χ0v) is 28.9. The fraction of sp³-hybridized carbons (Fsp3) is 0.667. The highest BCUT2D eigenvalue weighted by atomic mass is 127. The molecular weight excluding hydrogens is 686 g/mol. The van der Waals surface area contributed by atoms with Crippen LogP contribution in [0.5, 0.6) is 0 Å². The maximum Gasteiger partial charge on any atom is 0.261 e. The fourth-order valence-electron chi connectivity index (χ4n) is 5.15. The summed E-state index contributed by atoms with van der Waals surface area (Å²) in [5, 5.41) is 12.0. The van der Waals surface area contributed by atoms with Gasteiger partial charge in [-0.25, -0.2) is 4.89 Å². The van der Waals surface area contributed by atoms with Crippen molar-refractivity contribution in [2.45, 2.75) is 96.7 Å². The first-order chi connectivity index (χ1) is 20.6. The van der Waals surface area contributed by atoms with Crippen LogP contribution in [0.25, 0.3) is 0 Å². The normalized spacial score (nSPS) is 18.4. The monoisotopic (exact) mass is 732 g/mol. The predicted octanol–water partition coefficient (Wildman–Crippen LogP) is 5.74. The number of nitriles is 1. The second-order valence-corrected chi connectivity index (χ2v) is 12.3. The van der Waals surface area contributed by atoms with Crippen molar-refractivity contribution in [3.63, 3.8) is 0 Å². The Bertz CT molecular complexity index is 1030. The van der Waals surface area contributed by atoms with E-state index in [9.17, 15) is 14.4 Å². The first-order valence-corrected chi connectivity index (χ1v) is 16.6. The molecule has 0 saturated carbocycles. The van der Waals surface area contributed by atoms with Gasteiger partial charge in [0.05, 0.1) is 49.0 Å². The van der Waals surface area contributed by atoms with E-state index >= 15 is 0 Å². The number of unbranched alkanes of at least 4 members (excludes halogenated alkanes) is 2. The van der Waals surface area contributed by atoms with E-state index in [1.807, 2.05) is 11.0 Å². The summed E-state index contributed by atoms with van der Waals surface area (Å²) in [5.74, 6) is -0.431. The van der Waals surface area contributed by atoms with Crippen LogP contribution in [-0.4, -0.2) is 78.1 Å². The van der Waals surface area contributed by atoms with Crippen molar-refractivity contribution in [2.75, 3.05) is 32.8 Å². The summed E-state index contributed by atoms with van der Waals surface area (Å²) in [7, 11) is -0.221. The smallest absolute Gasteiger partial charge is 0.261 e. The van der Waals surface area contributed by atoms with Gasteiger partial charge in [0.25, 0.3) is 11.8 Å². The maximum absolute atomic E-state index is 12.9. The van der Waals surface area contributed by atoms with Crippen molar-refractivity contribution in [1.82, 2.24) is 15.1 Å². The van der Waals surface area contributed by atoms with E-state index in [1.165, 1.54) is 4.90 Å². The molecule has 13 heteroatoms. The molecule has 0 radical (unpaired) electrons. The van der Waals surface area contributed by atoms with Crippen LogP contribution in [0.1, 0.15) is 99.8 Å². The molecule has 11 nitrogen and oxygen atoms in total. The summed E-state index contributed by atoms with van der Waals surface area (Å²) in [5.41, 5.74) is 0.333. The van der Waals surface area contributed by atoms with Crippen LogP contribution < -0.4 is 5.32 Å². The zero-order valence-electron chi connectivity index (χ0n) is 25.7. The quantitative estimate of drug-likeness (QED) is 0.0532. The summed E-state index contributed by atoms with van der Waals surface area (Å²) < 4.78 is 16.2. The molecule has 2 atom stereocenters. The highest BCUT2D eigenvalue weighted by Crippen LogP contribution is 2.36. The minimum atomic E-state index is -0.584. The van der Waals surface area contributed by atoms with E-state index in [1.54, 1.807) is 47.3 Å². The van der Waals surface area contributed by atoms with E-state index < -0.39 is 5.60 Å². The molecule has 0 aliphatic carbocycles. The van der Waals surface area contributed by atoms with Crippen molar-refractivity contribution in [3.8, 4) is 6.07 Å². The average Bonchev–Trinajstić information content (AvgIpc) is 3.21. The van der Waals surface area contributed by atoms with Crippen LogP contribution in [0.2, 0.25) is 0 Å². The van der Waals surface area contributed by atoms with Gasteiger partial charge in [-0.15, -0.1) is 0 Å². The lowest BCUT2D eigenvalue weighted by Crippen LogP contribution is -2.51. The van der Waals surface area contributed by atoms with Crippen molar-refractivity contribution >= 4 is 49.8 Å². The van der Waals surface area contributed by atoms with Crippen molar-refractivity contribution < 1.29 is 31.5 Å². The van der Waals surface area contributed by atoms with Crippen molar-refractivity contribution in [1.29, 1.82) is 5.26 Å². The molecule has 3 rings (SSSR count). The van der Waals surface area contributed by atoms with E-state index in [4.69, 9.17) is 19.2 Å². The molecule has 1 fully saturated rings. The van der Waals surface area contributed by atoms with E-state index in [2.05, 4.69) is 36.2 Å². The minimum absolute atomic E-state index is 0.0585. The molecule has 2 unspecified atom stereocenters. The van der Waals surface area contributed by atoms with Crippen molar-refractivity contribution in [3.05, 3.63) is 35.4 Å². The Morgan fingerprint density at radius 3 is 2.35 bits per heavy atom. The number of carbonyl (C=O) groups excluding carboxylic acids is 3. The fourth-order valence-corrected chi connectivity index (χ4v) is 6.02. The third kappa shape index (κ3) is 13.0. The second kappa shape index (κ2) is 20.3. The molecular formula is C30H46IN4O7P. The molecule has 0 aromatic heterocycles. The topological polar surface area (TPSA) is 130 Å². The Balaban J connectivity index is 0.000000821. The lowest BCUT2D eigenvalue weighted by Gasteiger charge is -2.42. The molecule has 3 amide bonds. The first kappa shape index (κ1) is 37.5. The predicted molar refractivity (Wildman–Crippen MR) is 173 cm³/mol. The number of likely N-dealkylation sites (tertiary alicyclic amines) is 1. The number of nitrogens with zero attached hydrogens (tertiary/aromatic N) is 3. The number of rotatable bonds is 17. The molecule has 1 saturated heterocycles. The number of benzene rings is 1. The summed E-state index contributed by atoms with van der Waals surface area (Å²) in [4.78, 5) is 46.0. The molecule has 2 heterocycles.